The zero-order valence-electron chi connectivity index (χ0n) is 13.5. The Hall–Kier alpha value is -1.80. The molecule has 0 spiro atoms. The topological polar surface area (TPSA) is 12.5 Å². The molecule has 2 rings (SSSR count). The van der Waals surface area contributed by atoms with Gasteiger partial charge in [-0.3, -0.25) is 0 Å². The molecular formula is C19H25NO. The van der Waals surface area contributed by atoms with Crippen LogP contribution in [0.1, 0.15) is 19.4 Å². The summed E-state index contributed by atoms with van der Waals surface area (Å²) in [6.07, 6.45) is 1.25. The predicted octanol–water partition coefficient (Wildman–Crippen LogP) is 4.24. The second-order valence-corrected chi connectivity index (χ2v) is 5.90. The molecule has 112 valence electrons. The summed E-state index contributed by atoms with van der Waals surface area (Å²) < 4.78 is 5.81. The highest BCUT2D eigenvalue weighted by molar-refractivity contribution is 5.68. The third-order valence-electron chi connectivity index (χ3n) is 3.36. The number of hydrogen-bond donors (Lipinski definition) is 0. The van der Waals surface area contributed by atoms with E-state index >= 15 is 0 Å². The van der Waals surface area contributed by atoms with Crippen molar-refractivity contribution in [2.24, 2.45) is 0 Å². The lowest BCUT2D eigenvalue weighted by atomic mass is 9.97. The fraction of sp³-hybridized carbons (Fsp3) is 0.368. The molecule has 21 heavy (non-hydrogen) atoms. The van der Waals surface area contributed by atoms with Crippen molar-refractivity contribution in [3.05, 3.63) is 54.1 Å². The Labute approximate surface area is 128 Å². The van der Waals surface area contributed by atoms with Gasteiger partial charge in [0.05, 0.1) is 6.10 Å². The molecule has 0 aromatic heterocycles. The summed E-state index contributed by atoms with van der Waals surface area (Å²) in [4.78, 5) is 2.22. The van der Waals surface area contributed by atoms with Crippen molar-refractivity contribution in [1.29, 1.82) is 0 Å². The van der Waals surface area contributed by atoms with Gasteiger partial charge in [0.15, 0.2) is 0 Å². The van der Waals surface area contributed by atoms with E-state index in [1.165, 1.54) is 16.7 Å². The fourth-order valence-electron chi connectivity index (χ4n) is 2.37. The summed E-state index contributed by atoms with van der Waals surface area (Å²) in [7, 11) is 4.22. The second-order valence-electron chi connectivity index (χ2n) is 5.90. The first-order valence-corrected chi connectivity index (χ1v) is 7.56. The van der Waals surface area contributed by atoms with Crippen molar-refractivity contribution in [3.63, 3.8) is 0 Å². The number of rotatable bonds is 6. The van der Waals surface area contributed by atoms with Crippen LogP contribution in [-0.2, 0) is 6.42 Å². The lowest BCUT2D eigenvalue weighted by Crippen LogP contribution is -2.15. The van der Waals surface area contributed by atoms with E-state index in [0.29, 0.717) is 0 Å². The summed E-state index contributed by atoms with van der Waals surface area (Å²) in [5.41, 5.74) is 3.91. The number of nitrogens with zero attached hydrogens (tertiary/aromatic N) is 1. The molecule has 0 radical (unpaired) electrons. The lowest BCUT2D eigenvalue weighted by Gasteiger charge is -2.15. The molecule has 2 heteroatoms. The van der Waals surface area contributed by atoms with E-state index in [1.54, 1.807) is 0 Å². The number of benzene rings is 2. The minimum Gasteiger partial charge on any atom is -0.491 e. The van der Waals surface area contributed by atoms with Crippen molar-refractivity contribution in [3.8, 4) is 16.9 Å². The maximum Gasteiger partial charge on any atom is 0.120 e. The van der Waals surface area contributed by atoms with Gasteiger partial charge in [-0.05, 0) is 63.2 Å². The zero-order chi connectivity index (χ0) is 15.2. The molecule has 0 aliphatic rings. The van der Waals surface area contributed by atoms with Gasteiger partial charge in [-0.1, -0.05) is 36.4 Å². The van der Waals surface area contributed by atoms with Crippen LogP contribution in [0, 0.1) is 0 Å². The van der Waals surface area contributed by atoms with Crippen molar-refractivity contribution in [2.75, 3.05) is 20.6 Å². The molecular weight excluding hydrogens is 258 g/mol. The van der Waals surface area contributed by atoms with E-state index in [0.717, 1.165) is 18.7 Å². The summed E-state index contributed by atoms with van der Waals surface area (Å²) in [6, 6.07) is 17.0. The van der Waals surface area contributed by atoms with Gasteiger partial charge in [-0.15, -0.1) is 0 Å². The summed E-state index contributed by atoms with van der Waals surface area (Å²) in [5.74, 6) is 0.935. The first-order valence-electron chi connectivity index (χ1n) is 7.56. The third-order valence-corrected chi connectivity index (χ3v) is 3.36. The monoisotopic (exact) mass is 283 g/mol. The summed E-state index contributed by atoms with van der Waals surface area (Å²) in [6.45, 7) is 5.16. The normalized spacial score (nSPS) is 11.1. The largest absolute Gasteiger partial charge is 0.491 e. The van der Waals surface area contributed by atoms with E-state index in [4.69, 9.17) is 4.74 Å². The molecule has 2 aromatic rings. The summed E-state index contributed by atoms with van der Waals surface area (Å²) >= 11 is 0. The molecule has 0 saturated carbocycles. The Bertz CT molecular complexity index is 575. The van der Waals surface area contributed by atoms with Crippen LogP contribution in [-0.4, -0.2) is 31.6 Å². The van der Waals surface area contributed by atoms with Gasteiger partial charge in [0.2, 0.25) is 0 Å². The lowest BCUT2D eigenvalue weighted by molar-refractivity contribution is 0.242. The highest BCUT2D eigenvalue weighted by atomic mass is 16.5. The smallest absolute Gasteiger partial charge is 0.120 e. The molecule has 0 aliphatic heterocycles. The number of likely N-dealkylation sites (N-methyl/N-ethyl adjacent to an activating group) is 1. The highest BCUT2D eigenvalue weighted by Gasteiger charge is 2.07. The average Bonchev–Trinajstić information content (AvgIpc) is 2.45. The molecule has 0 N–H and O–H groups in total. The van der Waals surface area contributed by atoms with E-state index in [2.05, 4.69) is 75.3 Å². The maximum absolute atomic E-state index is 5.81. The minimum absolute atomic E-state index is 0.198. The summed E-state index contributed by atoms with van der Waals surface area (Å²) in [5, 5.41) is 0. The Morgan fingerprint density at radius 2 is 1.76 bits per heavy atom. The molecule has 0 amide bonds. The van der Waals surface area contributed by atoms with Crippen LogP contribution in [0.25, 0.3) is 11.1 Å². The van der Waals surface area contributed by atoms with E-state index < -0.39 is 0 Å². The Morgan fingerprint density at radius 3 is 2.48 bits per heavy atom. The Balaban J connectivity index is 2.28. The molecule has 0 unspecified atom stereocenters. The van der Waals surface area contributed by atoms with E-state index in [-0.39, 0.29) is 6.10 Å². The quantitative estimate of drug-likeness (QED) is 0.786. The van der Waals surface area contributed by atoms with Crippen LogP contribution in [0.5, 0.6) is 5.75 Å². The van der Waals surface area contributed by atoms with Crippen molar-refractivity contribution < 1.29 is 4.74 Å². The first-order chi connectivity index (χ1) is 10.1. The molecule has 2 aromatic carbocycles. The van der Waals surface area contributed by atoms with Crippen LogP contribution in [0.4, 0.5) is 0 Å². The van der Waals surface area contributed by atoms with Gasteiger partial charge in [0.25, 0.3) is 0 Å². The van der Waals surface area contributed by atoms with Crippen LogP contribution >= 0.6 is 0 Å². The van der Waals surface area contributed by atoms with Crippen LogP contribution in [0.3, 0.4) is 0 Å². The number of hydrogen-bond acceptors (Lipinski definition) is 2. The molecule has 0 bridgehead atoms. The number of ether oxygens (including phenoxy) is 1. The van der Waals surface area contributed by atoms with Gasteiger partial charge in [-0.25, -0.2) is 0 Å². The zero-order valence-corrected chi connectivity index (χ0v) is 13.5. The second kappa shape index (κ2) is 7.28. The average molecular weight is 283 g/mol. The molecule has 0 saturated heterocycles. The van der Waals surface area contributed by atoms with Gasteiger partial charge in [0, 0.05) is 6.54 Å². The highest BCUT2D eigenvalue weighted by Crippen LogP contribution is 2.27. The van der Waals surface area contributed by atoms with Gasteiger partial charge in [0.1, 0.15) is 5.75 Å². The Morgan fingerprint density at radius 1 is 1.00 bits per heavy atom. The molecule has 0 heterocycles. The van der Waals surface area contributed by atoms with Crippen molar-refractivity contribution in [1.82, 2.24) is 4.90 Å². The molecule has 0 fully saturated rings. The van der Waals surface area contributed by atoms with Crippen LogP contribution < -0.4 is 4.74 Å². The van der Waals surface area contributed by atoms with Crippen molar-refractivity contribution in [2.45, 2.75) is 26.4 Å². The fourth-order valence-corrected chi connectivity index (χ4v) is 2.37. The van der Waals surface area contributed by atoms with Gasteiger partial charge >= 0.3 is 0 Å². The van der Waals surface area contributed by atoms with Gasteiger partial charge < -0.3 is 9.64 Å². The minimum atomic E-state index is 0.198. The Kier molecular flexibility index (Phi) is 5.40. The van der Waals surface area contributed by atoms with Gasteiger partial charge in [-0.2, -0.15) is 0 Å². The van der Waals surface area contributed by atoms with Crippen LogP contribution in [0.2, 0.25) is 0 Å². The molecule has 2 nitrogen and oxygen atoms in total. The first kappa shape index (κ1) is 15.6. The predicted molar refractivity (Wildman–Crippen MR) is 89.9 cm³/mol. The maximum atomic E-state index is 5.81. The molecule has 0 aliphatic carbocycles. The SMILES string of the molecule is CC(C)Oc1cccc(-c2ccccc2CCN(C)C)c1. The van der Waals surface area contributed by atoms with Crippen LogP contribution in [0.15, 0.2) is 48.5 Å². The molecule has 0 atom stereocenters. The third kappa shape index (κ3) is 4.61. The van der Waals surface area contributed by atoms with E-state index in [1.807, 2.05) is 6.07 Å². The standard InChI is InChI=1S/C19H25NO/c1-15(2)21-18-10-7-9-17(14-18)19-11-6-5-8-16(19)12-13-20(3)4/h5-11,14-15H,12-13H2,1-4H3. The van der Waals surface area contributed by atoms with Crippen molar-refractivity contribution >= 4 is 0 Å². The van der Waals surface area contributed by atoms with E-state index in [9.17, 15) is 0 Å².